The molecule has 12 heavy (non-hydrogen) atoms. The van der Waals surface area contributed by atoms with Crippen molar-refractivity contribution in [2.24, 2.45) is 11.8 Å². The van der Waals surface area contributed by atoms with Crippen LogP contribution in [-0.4, -0.2) is 5.78 Å². The minimum atomic E-state index is 0.315. The molecule has 0 aliphatic rings. The van der Waals surface area contributed by atoms with E-state index in [1.807, 2.05) is 6.92 Å². The van der Waals surface area contributed by atoms with E-state index in [1.165, 1.54) is 12.8 Å². The molecule has 0 aliphatic carbocycles. The van der Waals surface area contributed by atoms with Gasteiger partial charge in [0.2, 0.25) is 0 Å². The van der Waals surface area contributed by atoms with Crippen LogP contribution in [0.25, 0.3) is 0 Å². The Kier molecular flexibility index (Phi) is 6.04. The Balaban J connectivity index is 4.03. The third kappa shape index (κ3) is 3.38. The average molecular weight is 170 g/mol. The molecule has 2 unspecified atom stereocenters. The zero-order valence-electron chi connectivity index (χ0n) is 8.89. The van der Waals surface area contributed by atoms with Gasteiger partial charge < -0.3 is 0 Å². The van der Waals surface area contributed by atoms with Crippen LogP contribution in [0.3, 0.4) is 0 Å². The Bertz CT molecular complexity index is 129. The van der Waals surface area contributed by atoms with Crippen molar-refractivity contribution >= 4 is 5.78 Å². The second-order valence-electron chi connectivity index (χ2n) is 3.60. The number of Topliss-reactive ketones (excluding diaryl/α,β-unsaturated/α-hetero) is 1. The predicted octanol–water partition coefficient (Wildman–Crippen LogP) is 3.43. The third-order valence-corrected chi connectivity index (χ3v) is 2.63. The highest BCUT2D eigenvalue weighted by Crippen LogP contribution is 2.22. The maximum atomic E-state index is 11.5. The standard InChI is InChI=1S/C11H22O/c1-5-8-9(4)10(6-2)11(12)7-3/h9-10H,5-8H2,1-4H3. The predicted molar refractivity (Wildman–Crippen MR) is 53.2 cm³/mol. The van der Waals surface area contributed by atoms with E-state index in [2.05, 4.69) is 20.8 Å². The van der Waals surface area contributed by atoms with Gasteiger partial charge in [-0.3, -0.25) is 4.79 Å². The Morgan fingerprint density at radius 1 is 1.25 bits per heavy atom. The quantitative estimate of drug-likeness (QED) is 0.597. The minimum Gasteiger partial charge on any atom is -0.299 e. The van der Waals surface area contributed by atoms with Crippen LogP contribution in [0.1, 0.15) is 53.4 Å². The van der Waals surface area contributed by atoms with Crippen LogP contribution in [0.2, 0.25) is 0 Å². The van der Waals surface area contributed by atoms with Crippen molar-refractivity contribution in [2.75, 3.05) is 0 Å². The van der Waals surface area contributed by atoms with Crippen molar-refractivity contribution in [3.05, 3.63) is 0 Å². The van der Waals surface area contributed by atoms with Gasteiger partial charge in [0.15, 0.2) is 0 Å². The van der Waals surface area contributed by atoms with E-state index in [-0.39, 0.29) is 0 Å². The Labute approximate surface area is 76.6 Å². The number of carbonyl (C=O) groups is 1. The summed E-state index contributed by atoms with van der Waals surface area (Å²) in [5.74, 6) is 1.33. The summed E-state index contributed by atoms with van der Waals surface area (Å²) >= 11 is 0. The lowest BCUT2D eigenvalue weighted by Crippen LogP contribution is -2.20. The lowest BCUT2D eigenvalue weighted by Gasteiger charge is -2.20. The third-order valence-electron chi connectivity index (χ3n) is 2.63. The highest BCUT2D eigenvalue weighted by atomic mass is 16.1. The first-order chi connectivity index (χ1) is 5.67. The molecule has 72 valence electrons. The van der Waals surface area contributed by atoms with Crippen molar-refractivity contribution < 1.29 is 4.79 Å². The van der Waals surface area contributed by atoms with Gasteiger partial charge in [0.1, 0.15) is 5.78 Å². The molecule has 0 aromatic heterocycles. The lowest BCUT2D eigenvalue weighted by atomic mass is 9.84. The summed E-state index contributed by atoms with van der Waals surface area (Å²) in [6.45, 7) is 8.46. The van der Waals surface area contributed by atoms with Gasteiger partial charge in [0.05, 0.1) is 0 Å². The topological polar surface area (TPSA) is 17.1 Å². The van der Waals surface area contributed by atoms with Gasteiger partial charge in [-0.1, -0.05) is 40.5 Å². The zero-order chi connectivity index (χ0) is 9.56. The second-order valence-corrected chi connectivity index (χ2v) is 3.60. The Hall–Kier alpha value is -0.330. The fourth-order valence-corrected chi connectivity index (χ4v) is 1.87. The molecular weight excluding hydrogens is 148 g/mol. The molecule has 0 bridgehead atoms. The maximum absolute atomic E-state index is 11.5. The van der Waals surface area contributed by atoms with E-state index in [1.54, 1.807) is 0 Å². The van der Waals surface area contributed by atoms with Gasteiger partial charge in [-0.15, -0.1) is 0 Å². The molecule has 0 radical (unpaired) electrons. The van der Waals surface area contributed by atoms with Crippen LogP contribution >= 0.6 is 0 Å². The summed E-state index contributed by atoms with van der Waals surface area (Å²) in [7, 11) is 0. The summed E-state index contributed by atoms with van der Waals surface area (Å²) in [4.78, 5) is 11.5. The smallest absolute Gasteiger partial charge is 0.135 e. The monoisotopic (exact) mass is 170 g/mol. The average Bonchev–Trinajstić information content (AvgIpc) is 2.06. The molecule has 2 atom stereocenters. The molecule has 0 N–H and O–H groups in total. The van der Waals surface area contributed by atoms with Crippen LogP contribution in [0.5, 0.6) is 0 Å². The first-order valence-electron chi connectivity index (χ1n) is 5.19. The van der Waals surface area contributed by atoms with E-state index in [4.69, 9.17) is 0 Å². The first-order valence-corrected chi connectivity index (χ1v) is 5.19. The number of ketones is 1. The molecule has 1 heteroatoms. The minimum absolute atomic E-state index is 0.315. The van der Waals surface area contributed by atoms with E-state index in [0.29, 0.717) is 24.0 Å². The largest absolute Gasteiger partial charge is 0.299 e. The van der Waals surface area contributed by atoms with Gasteiger partial charge in [-0.05, 0) is 12.3 Å². The molecule has 0 saturated heterocycles. The number of rotatable bonds is 6. The van der Waals surface area contributed by atoms with Crippen LogP contribution in [0.15, 0.2) is 0 Å². The number of hydrogen-bond acceptors (Lipinski definition) is 1. The Morgan fingerprint density at radius 2 is 1.83 bits per heavy atom. The van der Waals surface area contributed by atoms with E-state index in [9.17, 15) is 4.79 Å². The summed E-state index contributed by atoms with van der Waals surface area (Å²) in [6, 6.07) is 0. The number of carbonyl (C=O) groups excluding carboxylic acids is 1. The van der Waals surface area contributed by atoms with Crippen LogP contribution in [-0.2, 0) is 4.79 Å². The van der Waals surface area contributed by atoms with Crippen LogP contribution < -0.4 is 0 Å². The van der Waals surface area contributed by atoms with Crippen LogP contribution in [0.4, 0.5) is 0 Å². The van der Waals surface area contributed by atoms with Crippen molar-refractivity contribution in [2.45, 2.75) is 53.4 Å². The molecule has 0 fully saturated rings. The highest BCUT2D eigenvalue weighted by molar-refractivity contribution is 5.80. The maximum Gasteiger partial charge on any atom is 0.135 e. The van der Waals surface area contributed by atoms with Gasteiger partial charge in [-0.25, -0.2) is 0 Å². The molecule has 0 amide bonds. The van der Waals surface area contributed by atoms with Crippen molar-refractivity contribution in [1.82, 2.24) is 0 Å². The molecule has 0 aromatic carbocycles. The normalized spacial score (nSPS) is 15.7. The number of hydrogen-bond donors (Lipinski definition) is 0. The summed E-state index contributed by atoms with van der Waals surface area (Å²) in [5, 5.41) is 0. The van der Waals surface area contributed by atoms with Crippen molar-refractivity contribution in [1.29, 1.82) is 0 Å². The van der Waals surface area contributed by atoms with Crippen molar-refractivity contribution in [3.63, 3.8) is 0 Å². The molecule has 1 nitrogen and oxygen atoms in total. The fourth-order valence-electron chi connectivity index (χ4n) is 1.87. The van der Waals surface area contributed by atoms with Gasteiger partial charge in [-0.2, -0.15) is 0 Å². The summed E-state index contributed by atoms with van der Waals surface area (Å²) in [5.41, 5.74) is 0. The lowest BCUT2D eigenvalue weighted by molar-refractivity contribution is -0.124. The van der Waals surface area contributed by atoms with E-state index < -0.39 is 0 Å². The molecule has 0 spiro atoms. The molecule has 0 heterocycles. The second kappa shape index (κ2) is 6.22. The Morgan fingerprint density at radius 3 is 2.17 bits per heavy atom. The summed E-state index contributed by atoms with van der Waals surface area (Å²) < 4.78 is 0. The van der Waals surface area contributed by atoms with Crippen molar-refractivity contribution in [3.8, 4) is 0 Å². The SMILES string of the molecule is CCCC(C)C(CC)C(=O)CC. The fraction of sp³-hybridized carbons (Fsp3) is 0.909. The molecule has 0 aliphatic heterocycles. The van der Waals surface area contributed by atoms with Crippen LogP contribution in [0, 0.1) is 11.8 Å². The van der Waals surface area contributed by atoms with Gasteiger partial charge in [0.25, 0.3) is 0 Å². The molecule has 0 rings (SSSR count). The molecule has 0 aromatic rings. The molecular formula is C11H22O. The van der Waals surface area contributed by atoms with E-state index in [0.717, 1.165) is 6.42 Å². The summed E-state index contributed by atoms with van der Waals surface area (Å²) in [6.07, 6.45) is 4.08. The highest BCUT2D eigenvalue weighted by Gasteiger charge is 2.20. The van der Waals surface area contributed by atoms with Gasteiger partial charge in [0, 0.05) is 12.3 Å². The van der Waals surface area contributed by atoms with E-state index >= 15 is 0 Å². The first kappa shape index (κ1) is 11.7. The van der Waals surface area contributed by atoms with Gasteiger partial charge >= 0.3 is 0 Å². The zero-order valence-corrected chi connectivity index (χ0v) is 8.89. The molecule has 0 saturated carbocycles.